The largest absolute Gasteiger partial charge is 0.465 e. The molecule has 0 aliphatic heterocycles. The lowest BCUT2D eigenvalue weighted by Crippen LogP contribution is -2.29. The quantitative estimate of drug-likeness (QED) is 0.726. The minimum atomic E-state index is -1.44. The number of benzene rings is 2. The van der Waals surface area contributed by atoms with Crippen LogP contribution in [0.4, 0.5) is 0 Å². The van der Waals surface area contributed by atoms with E-state index in [9.17, 15) is 19.5 Å². The maximum Gasteiger partial charge on any atom is 0.340 e. The average molecular weight is 357 g/mol. The van der Waals surface area contributed by atoms with Gasteiger partial charge in [-0.05, 0) is 23.3 Å². The Bertz CT molecular complexity index is 757. The SMILES string of the molecule is COC(=O)c1ccc(CNC(=O)COC(=O)[C@@H](O)c2ccccc2)cc1. The third kappa shape index (κ3) is 5.42. The van der Waals surface area contributed by atoms with E-state index in [1.807, 2.05) is 0 Å². The van der Waals surface area contributed by atoms with Crippen LogP contribution in [-0.4, -0.2) is 36.7 Å². The van der Waals surface area contributed by atoms with Crippen LogP contribution in [0.15, 0.2) is 54.6 Å². The van der Waals surface area contributed by atoms with Gasteiger partial charge in [-0.3, -0.25) is 4.79 Å². The molecule has 2 N–H and O–H groups in total. The highest BCUT2D eigenvalue weighted by Crippen LogP contribution is 2.13. The Balaban J connectivity index is 1.76. The summed E-state index contributed by atoms with van der Waals surface area (Å²) in [6.45, 7) is -0.290. The van der Waals surface area contributed by atoms with Crippen LogP contribution < -0.4 is 5.32 Å². The summed E-state index contributed by atoms with van der Waals surface area (Å²) < 4.78 is 9.41. The number of carbonyl (C=O) groups excluding carboxylic acids is 3. The molecule has 0 fully saturated rings. The predicted octanol–water partition coefficient (Wildman–Crippen LogP) is 1.37. The van der Waals surface area contributed by atoms with Crippen molar-refractivity contribution in [3.05, 3.63) is 71.3 Å². The first-order chi connectivity index (χ1) is 12.5. The average Bonchev–Trinajstić information content (AvgIpc) is 2.70. The normalized spacial score (nSPS) is 11.3. The number of esters is 2. The van der Waals surface area contributed by atoms with E-state index in [-0.39, 0.29) is 6.54 Å². The highest BCUT2D eigenvalue weighted by Gasteiger charge is 2.19. The van der Waals surface area contributed by atoms with Gasteiger partial charge in [0, 0.05) is 6.54 Å². The van der Waals surface area contributed by atoms with E-state index in [0.29, 0.717) is 11.1 Å². The molecule has 0 saturated heterocycles. The van der Waals surface area contributed by atoms with Gasteiger partial charge in [-0.2, -0.15) is 0 Å². The molecule has 0 aliphatic rings. The fraction of sp³-hybridized carbons (Fsp3) is 0.211. The molecule has 0 bridgehead atoms. The fourth-order valence-corrected chi connectivity index (χ4v) is 2.12. The van der Waals surface area contributed by atoms with Crippen molar-refractivity contribution in [3.63, 3.8) is 0 Å². The topological polar surface area (TPSA) is 102 Å². The van der Waals surface area contributed by atoms with Crippen LogP contribution in [0.5, 0.6) is 0 Å². The Labute approximate surface area is 150 Å². The van der Waals surface area contributed by atoms with Crippen molar-refractivity contribution in [1.82, 2.24) is 5.32 Å². The van der Waals surface area contributed by atoms with Gasteiger partial charge in [-0.15, -0.1) is 0 Å². The summed E-state index contributed by atoms with van der Waals surface area (Å²) in [7, 11) is 1.30. The molecule has 2 aromatic carbocycles. The third-order valence-corrected chi connectivity index (χ3v) is 3.55. The van der Waals surface area contributed by atoms with Crippen molar-refractivity contribution in [1.29, 1.82) is 0 Å². The summed E-state index contributed by atoms with van der Waals surface area (Å²) in [5, 5.41) is 12.4. The molecule has 26 heavy (non-hydrogen) atoms. The second-order valence-electron chi connectivity index (χ2n) is 5.39. The molecule has 0 radical (unpaired) electrons. The van der Waals surface area contributed by atoms with Crippen LogP contribution >= 0.6 is 0 Å². The van der Waals surface area contributed by atoms with Crippen molar-refractivity contribution < 1.29 is 29.0 Å². The minimum absolute atomic E-state index is 0.207. The number of nitrogens with one attached hydrogen (secondary N) is 1. The third-order valence-electron chi connectivity index (χ3n) is 3.55. The number of hydrogen-bond acceptors (Lipinski definition) is 6. The van der Waals surface area contributed by atoms with Crippen LogP contribution in [-0.2, 0) is 25.6 Å². The van der Waals surface area contributed by atoms with Crippen molar-refractivity contribution in [2.75, 3.05) is 13.7 Å². The Morgan fingerprint density at radius 2 is 1.69 bits per heavy atom. The number of aliphatic hydroxyl groups is 1. The number of rotatable bonds is 7. The minimum Gasteiger partial charge on any atom is -0.465 e. The van der Waals surface area contributed by atoms with Crippen LogP contribution in [0.25, 0.3) is 0 Å². The Hall–Kier alpha value is -3.19. The van der Waals surface area contributed by atoms with E-state index in [4.69, 9.17) is 4.74 Å². The second-order valence-corrected chi connectivity index (χ2v) is 5.39. The molecule has 0 saturated carbocycles. The standard InChI is InChI=1S/C19H19NO6/c1-25-18(23)15-9-7-13(8-10-15)11-20-16(21)12-26-19(24)17(22)14-5-3-2-4-6-14/h2-10,17,22H,11-12H2,1H3,(H,20,21)/t17-/m0/s1. The van der Waals surface area contributed by atoms with Crippen LogP contribution in [0.2, 0.25) is 0 Å². The molecule has 1 amide bonds. The van der Waals surface area contributed by atoms with E-state index in [0.717, 1.165) is 5.56 Å². The zero-order valence-electron chi connectivity index (χ0n) is 14.2. The van der Waals surface area contributed by atoms with Gasteiger partial charge in [0.2, 0.25) is 0 Å². The molecule has 0 spiro atoms. The first-order valence-corrected chi connectivity index (χ1v) is 7.85. The van der Waals surface area contributed by atoms with E-state index in [1.165, 1.54) is 7.11 Å². The molecular formula is C19H19NO6. The molecule has 7 nitrogen and oxygen atoms in total. The molecule has 7 heteroatoms. The van der Waals surface area contributed by atoms with E-state index in [1.54, 1.807) is 54.6 Å². The number of carbonyl (C=O) groups is 3. The van der Waals surface area contributed by atoms with Crippen molar-refractivity contribution in [2.45, 2.75) is 12.6 Å². The van der Waals surface area contributed by atoms with Crippen molar-refractivity contribution in [3.8, 4) is 0 Å². The van der Waals surface area contributed by atoms with Gasteiger partial charge in [0.25, 0.3) is 5.91 Å². The van der Waals surface area contributed by atoms with Crippen LogP contribution in [0.3, 0.4) is 0 Å². The van der Waals surface area contributed by atoms with Crippen molar-refractivity contribution in [2.24, 2.45) is 0 Å². The number of hydrogen-bond donors (Lipinski definition) is 2. The lowest BCUT2D eigenvalue weighted by molar-refractivity contribution is -0.157. The summed E-state index contributed by atoms with van der Waals surface area (Å²) in [6.07, 6.45) is -1.44. The maximum absolute atomic E-state index is 11.8. The summed E-state index contributed by atoms with van der Waals surface area (Å²) in [6, 6.07) is 14.8. The zero-order valence-corrected chi connectivity index (χ0v) is 14.2. The van der Waals surface area contributed by atoms with Gasteiger partial charge >= 0.3 is 11.9 Å². The highest BCUT2D eigenvalue weighted by atomic mass is 16.5. The molecular weight excluding hydrogens is 338 g/mol. The van der Waals surface area contributed by atoms with Gasteiger partial charge < -0.3 is 19.9 Å². The Morgan fingerprint density at radius 3 is 2.31 bits per heavy atom. The number of methoxy groups -OCH3 is 1. The fourth-order valence-electron chi connectivity index (χ4n) is 2.12. The highest BCUT2D eigenvalue weighted by molar-refractivity contribution is 5.89. The predicted molar refractivity (Wildman–Crippen MR) is 92.0 cm³/mol. The molecule has 2 rings (SSSR count). The van der Waals surface area contributed by atoms with Crippen LogP contribution in [0, 0.1) is 0 Å². The Kier molecular flexibility index (Phi) is 6.87. The van der Waals surface area contributed by atoms with Crippen molar-refractivity contribution >= 4 is 17.8 Å². The zero-order chi connectivity index (χ0) is 18.9. The maximum atomic E-state index is 11.8. The summed E-state index contributed by atoms with van der Waals surface area (Å²) in [5.74, 6) is -1.84. The van der Waals surface area contributed by atoms with Gasteiger partial charge in [-0.1, -0.05) is 42.5 Å². The molecule has 136 valence electrons. The summed E-state index contributed by atoms with van der Waals surface area (Å²) in [4.78, 5) is 34.8. The number of amides is 1. The number of ether oxygens (including phenoxy) is 2. The van der Waals surface area contributed by atoms with Gasteiger partial charge in [0.05, 0.1) is 12.7 Å². The lowest BCUT2D eigenvalue weighted by Gasteiger charge is -2.11. The molecule has 0 unspecified atom stereocenters. The first-order valence-electron chi connectivity index (χ1n) is 7.85. The summed E-state index contributed by atoms with van der Waals surface area (Å²) in [5.41, 5.74) is 1.57. The smallest absolute Gasteiger partial charge is 0.340 e. The van der Waals surface area contributed by atoms with E-state index < -0.39 is 30.6 Å². The molecule has 0 aliphatic carbocycles. The molecule has 2 aromatic rings. The van der Waals surface area contributed by atoms with Gasteiger partial charge in [0.15, 0.2) is 12.7 Å². The first kappa shape index (κ1) is 19.1. The van der Waals surface area contributed by atoms with Crippen LogP contribution in [0.1, 0.15) is 27.6 Å². The second kappa shape index (κ2) is 9.33. The lowest BCUT2D eigenvalue weighted by atomic mass is 10.1. The molecule has 0 aromatic heterocycles. The number of aliphatic hydroxyl groups excluding tert-OH is 1. The Morgan fingerprint density at radius 1 is 1.04 bits per heavy atom. The molecule has 1 atom stereocenters. The molecule has 0 heterocycles. The van der Waals surface area contributed by atoms with Gasteiger partial charge in [0.1, 0.15) is 0 Å². The van der Waals surface area contributed by atoms with Gasteiger partial charge in [-0.25, -0.2) is 9.59 Å². The van der Waals surface area contributed by atoms with E-state index in [2.05, 4.69) is 10.1 Å². The summed E-state index contributed by atoms with van der Waals surface area (Å²) >= 11 is 0. The van der Waals surface area contributed by atoms with E-state index >= 15 is 0 Å². The monoisotopic (exact) mass is 357 g/mol.